The molecule has 0 aromatic heterocycles. The average Bonchev–Trinajstić information content (AvgIpc) is 3.26. The SMILES string of the molecule is N=C1/C(=C\c2ccc(OCc3ccc(F)cc3)cc2)C(=O)N=C2SC(c3ccccc3Cl)=NN12. The van der Waals surface area contributed by atoms with Gasteiger partial charge in [0.15, 0.2) is 5.84 Å². The Hall–Kier alpha value is -3.75. The number of fused-ring (bicyclic) bond motifs is 1. The fraction of sp³-hybridized carbons (Fsp3) is 0.0400. The van der Waals surface area contributed by atoms with Gasteiger partial charge in [0.2, 0.25) is 5.17 Å². The zero-order valence-electron chi connectivity index (χ0n) is 17.5. The first-order valence-electron chi connectivity index (χ1n) is 10.2. The molecule has 0 fully saturated rings. The van der Waals surface area contributed by atoms with E-state index in [-0.39, 0.29) is 17.2 Å². The van der Waals surface area contributed by atoms with Crippen molar-refractivity contribution >= 4 is 51.4 Å². The van der Waals surface area contributed by atoms with Crippen molar-refractivity contribution in [3.05, 3.63) is 106 Å². The van der Waals surface area contributed by atoms with E-state index in [1.54, 1.807) is 48.5 Å². The van der Waals surface area contributed by atoms with Crippen molar-refractivity contribution in [3.8, 4) is 5.75 Å². The van der Waals surface area contributed by atoms with Crippen LogP contribution in [0.25, 0.3) is 6.08 Å². The number of carbonyl (C=O) groups is 1. The molecule has 0 unspecified atom stereocenters. The van der Waals surface area contributed by atoms with Gasteiger partial charge in [-0.3, -0.25) is 10.2 Å². The standard InChI is InChI=1S/C25H16ClFN4O2S/c26-21-4-2-1-3-19(21)24-30-31-22(28)20(23(32)29-25(31)34-24)13-15-7-11-18(12-8-15)33-14-16-5-9-17(27)10-6-16/h1-13,28H,14H2/b20-13+,28-22?. The quantitative estimate of drug-likeness (QED) is 0.463. The van der Waals surface area contributed by atoms with Crippen LogP contribution in [0.3, 0.4) is 0 Å². The van der Waals surface area contributed by atoms with Gasteiger partial charge in [-0.15, -0.1) is 0 Å². The number of halogens is 2. The van der Waals surface area contributed by atoms with Crippen LogP contribution in [0.5, 0.6) is 5.75 Å². The van der Waals surface area contributed by atoms with Crippen LogP contribution in [-0.2, 0) is 11.4 Å². The number of nitrogens with one attached hydrogen (secondary N) is 1. The van der Waals surface area contributed by atoms with Gasteiger partial charge in [-0.25, -0.2) is 4.39 Å². The highest BCUT2D eigenvalue weighted by atomic mass is 35.5. The highest BCUT2D eigenvalue weighted by Crippen LogP contribution is 2.33. The fourth-order valence-electron chi connectivity index (χ4n) is 3.31. The number of amides is 1. The lowest BCUT2D eigenvalue weighted by molar-refractivity contribution is -0.114. The molecule has 2 heterocycles. The van der Waals surface area contributed by atoms with Crippen LogP contribution in [0, 0.1) is 11.2 Å². The van der Waals surface area contributed by atoms with Crippen molar-refractivity contribution in [3.63, 3.8) is 0 Å². The van der Waals surface area contributed by atoms with E-state index in [2.05, 4.69) is 10.1 Å². The Morgan fingerprint density at radius 2 is 1.79 bits per heavy atom. The molecular formula is C25H16ClFN4O2S. The molecule has 0 saturated heterocycles. The summed E-state index contributed by atoms with van der Waals surface area (Å²) in [5.41, 5.74) is 2.41. The first-order chi connectivity index (χ1) is 16.5. The van der Waals surface area contributed by atoms with E-state index in [9.17, 15) is 9.18 Å². The number of thioether (sulfide) groups is 1. The maximum atomic E-state index is 13.0. The third-order valence-corrected chi connectivity index (χ3v) is 6.34. The normalized spacial score (nSPS) is 16.4. The number of hydrogen-bond donors (Lipinski definition) is 1. The molecule has 3 aromatic rings. The summed E-state index contributed by atoms with van der Waals surface area (Å²) < 4.78 is 18.7. The smallest absolute Gasteiger partial charge is 0.283 e. The van der Waals surface area contributed by atoms with Gasteiger partial charge in [-0.2, -0.15) is 15.1 Å². The summed E-state index contributed by atoms with van der Waals surface area (Å²) in [6.45, 7) is 0.305. The molecule has 2 aliphatic rings. The van der Waals surface area contributed by atoms with Gasteiger partial charge in [0.25, 0.3) is 5.91 Å². The molecule has 1 amide bonds. The van der Waals surface area contributed by atoms with Gasteiger partial charge in [0, 0.05) is 5.56 Å². The largest absolute Gasteiger partial charge is 0.489 e. The van der Waals surface area contributed by atoms with Crippen molar-refractivity contribution in [2.75, 3.05) is 0 Å². The lowest BCUT2D eigenvalue weighted by atomic mass is 10.1. The number of rotatable bonds is 5. The molecule has 0 aliphatic carbocycles. The van der Waals surface area contributed by atoms with Crippen molar-refractivity contribution in [2.45, 2.75) is 6.61 Å². The Kier molecular flexibility index (Phi) is 6.00. The second kappa shape index (κ2) is 9.24. The Bertz CT molecular complexity index is 1380. The van der Waals surface area contributed by atoms with Crippen molar-refractivity contribution in [1.82, 2.24) is 5.01 Å². The fourth-order valence-corrected chi connectivity index (χ4v) is 4.52. The second-order valence-corrected chi connectivity index (χ2v) is 8.75. The van der Waals surface area contributed by atoms with E-state index in [4.69, 9.17) is 21.7 Å². The second-order valence-electron chi connectivity index (χ2n) is 7.39. The zero-order chi connectivity index (χ0) is 23.7. The van der Waals surface area contributed by atoms with E-state index in [1.807, 2.05) is 18.2 Å². The zero-order valence-corrected chi connectivity index (χ0v) is 19.1. The maximum Gasteiger partial charge on any atom is 0.283 e. The number of benzene rings is 3. The molecule has 34 heavy (non-hydrogen) atoms. The molecule has 3 aromatic carbocycles. The van der Waals surface area contributed by atoms with Gasteiger partial charge in [0.05, 0.1) is 10.6 Å². The summed E-state index contributed by atoms with van der Waals surface area (Å²) in [7, 11) is 0. The number of hydrazone groups is 1. The van der Waals surface area contributed by atoms with Gasteiger partial charge < -0.3 is 4.74 Å². The number of amidine groups is 2. The Labute approximate surface area is 203 Å². The van der Waals surface area contributed by atoms with Crippen molar-refractivity contribution < 1.29 is 13.9 Å². The number of nitrogens with zero attached hydrogens (tertiary/aromatic N) is 3. The lowest BCUT2D eigenvalue weighted by Gasteiger charge is -2.20. The van der Waals surface area contributed by atoms with E-state index >= 15 is 0 Å². The summed E-state index contributed by atoms with van der Waals surface area (Å²) in [6, 6.07) is 20.5. The third-order valence-electron chi connectivity index (χ3n) is 5.07. The monoisotopic (exact) mass is 490 g/mol. The molecule has 5 rings (SSSR count). The van der Waals surface area contributed by atoms with Gasteiger partial charge in [-0.1, -0.05) is 54.1 Å². The molecule has 0 bridgehead atoms. The molecule has 2 aliphatic heterocycles. The summed E-state index contributed by atoms with van der Waals surface area (Å²) in [5.74, 6) is -0.224. The average molecular weight is 491 g/mol. The van der Waals surface area contributed by atoms with Crippen LogP contribution in [0.2, 0.25) is 5.02 Å². The van der Waals surface area contributed by atoms with E-state index in [1.165, 1.54) is 28.9 Å². The predicted molar refractivity (Wildman–Crippen MR) is 133 cm³/mol. The molecule has 0 spiro atoms. The van der Waals surface area contributed by atoms with Crippen molar-refractivity contribution in [1.29, 1.82) is 5.41 Å². The molecule has 6 nitrogen and oxygen atoms in total. The molecule has 0 atom stereocenters. The third kappa shape index (κ3) is 4.50. The van der Waals surface area contributed by atoms with Crippen LogP contribution in [0.4, 0.5) is 4.39 Å². The van der Waals surface area contributed by atoms with Crippen LogP contribution >= 0.6 is 23.4 Å². The molecular weight excluding hydrogens is 475 g/mol. The summed E-state index contributed by atoms with van der Waals surface area (Å²) in [5, 5.41) is 15.8. The first-order valence-corrected chi connectivity index (χ1v) is 11.4. The molecule has 0 radical (unpaired) electrons. The molecule has 168 valence electrons. The predicted octanol–water partition coefficient (Wildman–Crippen LogP) is 5.73. The summed E-state index contributed by atoms with van der Waals surface area (Å²) >= 11 is 7.47. The summed E-state index contributed by atoms with van der Waals surface area (Å²) in [6.07, 6.45) is 1.60. The molecule has 1 N–H and O–H groups in total. The van der Waals surface area contributed by atoms with E-state index in [0.717, 1.165) is 5.56 Å². The minimum atomic E-state index is -0.504. The van der Waals surface area contributed by atoms with Crippen LogP contribution in [-0.4, -0.2) is 27.0 Å². The maximum absolute atomic E-state index is 13.0. The number of ether oxygens (including phenoxy) is 1. The highest BCUT2D eigenvalue weighted by Gasteiger charge is 2.36. The van der Waals surface area contributed by atoms with Gasteiger partial charge >= 0.3 is 0 Å². The molecule has 9 heteroatoms. The molecule has 0 saturated carbocycles. The van der Waals surface area contributed by atoms with Crippen LogP contribution < -0.4 is 4.74 Å². The minimum Gasteiger partial charge on any atom is -0.489 e. The summed E-state index contributed by atoms with van der Waals surface area (Å²) in [4.78, 5) is 16.8. The van der Waals surface area contributed by atoms with Crippen molar-refractivity contribution in [2.24, 2.45) is 10.1 Å². The Balaban J connectivity index is 1.32. The minimum absolute atomic E-state index is 0.0545. The van der Waals surface area contributed by atoms with Gasteiger partial charge in [0.1, 0.15) is 23.2 Å². The Morgan fingerprint density at radius 1 is 1.06 bits per heavy atom. The lowest BCUT2D eigenvalue weighted by Crippen LogP contribution is -2.35. The van der Waals surface area contributed by atoms with Crippen LogP contribution in [0.1, 0.15) is 16.7 Å². The van der Waals surface area contributed by atoms with Crippen LogP contribution in [0.15, 0.2) is 88.5 Å². The highest BCUT2D eigenvalue weighted by molar-refractivity contribution is 8.27. The van der Waals surface area contributed by atoms with E-state index in [0.29, 0.717) is 38.7 Å². The van der Waals surface area contributed by atoms with E-state index < -0.39 is 5.91 Å². The number of carbonyl (C=O) groups excluding carboxylic acids is 1. The number of hydrogen-bond acceptors (Lipinski definition) is 5. The Morgan fingerprint density at radius 3 is 2.53 bits per heavy atom. The first kappa shape index (κ1) is 22.1. The van der Waals surface area contributed by atoms with Gasteiger partial charge in [-0.05, 0) is 59.3 Å². The topological polar surface area (TPSA) is 78.1 Å². The number of aliphatic imine (C=N–C) groups is 1.